The molecule has 0 bridgehead atoms. The predicted octanol–water partition coefficient (Wildman–Crippen LogP) is 7.94. The summed E-state index contributed by atoms with van der Waals surface area (Å²) in [6, 6.07) is 23.5. The molecular weight excluding hydrogens is 496 g/mol. The van der Waals surface area contributed by atoms with E-state index in [1.54, 1.807) is 12.1 Å². The van der Waals surface area contributed by atoms with Gasteiger partial charge in [-0.1, -0.05) is 60.1 Å². The second-order valence-corrected chi connectivity index (χ2v) is 9.48. The molecule has 38 heavy (non-hydrogen) atoms. The maximum absolute atomic E-state index is 12.9. The summed E-state index contributed by atoms with van der Waals surface area (Å²) in [5.74, 6) is 0.356. The molecule has 0 saturated heterocycles. The molecule has 4 aromatic rings. The molecule has 0 aliphatic heterocycles. The monoisotopic (exact) mass is 524 g/mol. The number of aryl methyl sites for hydroxylation is 3. The van der Waals surface area contributed by atoms with Crippen LogP contribution in [0.15, 0.2) is 72.3 Å². The molecule has 0 heterocycles. The Kier molecular flexibility index (Phi) is 8.35. The molecule has 4 aromatic carbocycles. The molecule has 1 N–H and O–H groups in total. The Morgan fingerprint density at radius 2 is 1.76 bits per heavy atom. The molecule has 0 atom stereocenters. The quantitative estimate of drug-likeness (QED) is 0.187. The Morgan fingerprint density at radius 1 is 1.00 bits per heavy atom. The number of anilines is 1. The normalized spacial score (nSPS) is 11.2. The number of rotatable bonds is 8. The summed E-state index contributed by atoms with van der Waals surface area (Å²) in [5, 5.41) is 15.1. The van der Waals surface area contributed by atoms with Crippen molar-refractivity contribution in [2.75, 3.05) is 11.9 Å². The summed E-state index contributed by atoms with van der Waals surface area (Å²) in [5.41, 5.74) is 5.27. The van der Waals surface area contributed by atoms with E-state index in [0.29, 0.717) is 41.0 Å². The van der Waals surface area contributed by atoms with Crippen LogP contribution in [0.5, 0.6) is 11.5 Å². The van der Waals surface area contributed by atoms with Crippen LogP contribution in [-0.2, 0) is 11.4 Å². The smallest absolute Gasteiger partial charge is 0.266 e. The van der Waals surface area contributed by atoms with Crippen molar-refractivity contribution in [2.45, 2.75) is 34.3 Å². The maximum Gasteiger partial charge on any atom is 0.266 e. The Morgan fingerprint density at radius 3 is 2.53 bits per heavy atom. The van der Waals surface area contributed by atoms with Gasteiger partial charge in [0.25, 0.3) is 5.91 Å². The van der Waals surface area contributed by atoms with Gasteiger partial charge in [0.05, 0.1) is 11.6 Å². The van der Waals surface area contributed by atoms with Crippen molar-refractivity contribution in [1.82, 2.24) is 0 Å². The van der Waals surface area contributed by atoms with Crippen LogP contribution in [0, 0.1) is 32.1 Å². The lowest BCUT2D eigenvalue weighted by Gasteiger charge is -2.17. The lowest BCUT2D eigenvalue weighted by molar-refractivity contribution is -0.112. The molecule has 0 aromatic heterocycles. The van der Waals surface area contributed by atoms with Crippen LogP contribution in [0.3, 0.4) is 0 Å². The van der Waals surface area contributed by atoms with E-state index in [1.807, 2.05) is 57.2 Å². The first-order valence-electron chi connectivity index (χ1n) is 12.4. The van der Waals surface area contributed by atoms with Gasteiger partial charge in [0.1, 0.15) is 18.2 Å². The first-order chi connectivity index (χ1) is 18.3. The van der Waals surface area contributed by atoms with Crippen molar-refractivity contribution < 1.29 is 14.3 Å². The average Bonchev–Trinajstić information content (AvgIpc) is 2.90. The first-order valence-corrected chi connectivity index (χ1v) is 12.7. The summed E-state index contributed by atoms with van der Waals surface area (Å²) in [6.45, 7) is 8.47. The van der Waals surface area contributed by atoms with Gasteiger partial charge in [-0.3, -0.25) is 4.79 Å². The zero-order valence-electron chi connectivity index (χ0n) is 21.9. The number of hydrogen-bond acceptors (Lipinski definition) is 4. The summed E-state index contributed by atoms with van der Waals surface area (Å²) < 4.78 is 12.1. The van der Waals surface area contributed by atoms with Crippen LogP contribution in [-0.4, -0.2) is 12.5 Å². The van der Waals surface area contributed by atoms with Crippen molar-refractivity contribution >= 4 is 40.0 Å². The topological polar surface area (TPSA) is 71.3 Å². The minimum absolute atomic E-state index is 0.0514. The summed E-state index contributed by atoms with van der Waals surface area (Å²) >= 11 is 6.65. The van der Waals surface area contributed by atoms with Crippen LogP contribution >= 0.6 is 11.6 Å². The molecule has 0 aliphatic carbocycles. The number of halogens is 1. The standard InChI is InChI=1S/C32H29ClN2O3/c1-5-37-30-17-23(15-25(18-34)32(36)35-29-14-20(2)10-11-22(29)4)16-28(33)31(30)38-19-27-21(3)12-13-24-8-6-7-9-26(24)27/h6-17H,5,19H2,1-4H3,(H,35,36)/b25-15+. The fraction of sp³-hybridized carbons (Fsp3) is 0.188. The number of amides is 1. The van der Waals surface area contributed by atoms with E-state index in [4.69, 9.17) is 21.1 Å². The van der Waals surface area contributed by atoms with E-state index in [0.717, 1.165) is 33.0 Å². The highest BCUT2D eigenvalue weighted by atomic mass is 35.5. The lowest BCUT2D eigenvalue weighted by Crippen LogP contribution is -2.14. The largest absolute Gasteiger partial charge is 0.490 e. The number of carbonyl (C=O) groups excluding carboxylic acids is 1. The fourth-order valence-corrected chi connectivity index (χ4v) is 4.50. The molecule has 1 amide bonds. The number of fused-ring (bicyclic) bond motifs is 1. The molecule has 0 radical (unpaired) electrons. The van der Waals surface area contributed by atoms with Gasteiger partial charge in [0.2, 0.25) is 0 Å². The zero-order valence-corrected chi connectivity index (χ0v) is 22.6. The predicted molar refractivity (Wildman–Crippen MR) is 154 cm³/mol. The molecule has 0 aliphatic rings. The second-order valence-electron chi connectivity index (χ2n) is 9.08. The van der Waals surface area contributed by atoms with E-state index >= 15 is 0 Å². The minimum Gasteiger partial charge on any atom is -0.490 e. The highest BCUT2D eigenvalue weighted by Crippen LogP contribution is 2.38. The molecule has 0 spiro atoms. The van der Waals surface area contributed by atoms with Crippen LogP contribution in [0.1, 0.15) is 34.7 Å². The van der Waals surface area contributed by atoms with Crippen molar-refractivity contribution in [3.05, 3.63) is 105 Å². The molecule has 4 rings (SSSR count). The average molecular weight is 525 g/mol. The van der Waals surface area contributed by atoms with Gasteiger partial charge >= 0.3 is 0 Å². The van der Waals surface area contributed by atoms with Gasteiger partial charge in [-0.25, -0.2) is 0 Å². The van der Waals surface area contributed by atoms with Crippen molar-refractivity contribution in [3.8, 4) is 17.6 Å². The van der Waals surface area contributed by atoms with Gasteiger partial charge in [0.15, 0.2) is 11.5 Å². The van der Waals surface area contributed by atoms with Crippen LogP contribution in [0.25, 0.3) is 16.8 Å². The summed E-state index contributed by atoms with van der Waals surface area (Å²) in [6.07, 6.45) is 1.49. The number of benzene rings is 4. The van der Waals surface area contributed by atoms with Crippen molar-refractivity contribution in [3.63, 3.8) is 0 Å². The van der Waals surface area contributed by atoms with E-state index in [9.17, 15) is 10.1 Å². The number of hydrogen-bond donors (Lipinski definition) is 1. The number of ether oxygens (including phenoxy) is 2. The zero-order chi connectivity index (χ0) is 27.2. The fourth-order valence-electron chi connectivity index (χ4n) is 4.23. The third-order valence-electron chi connectivity index (χ3n) is 6.28. The molecule has 6 heteroatoms. The Labute approximate surface area is 228 Å². The lowest BCUT2D eigenvalue weighted by atomic mass is 10.0. The van der Waals surface area contributed by atoms with E-state index < -0.39 is 5.91 Å². The number of nitrogens with one attached hydrogen (secondary N) is 1. The molecule has 0 saturated carbocycles. The van der Waals surface area contributed by atoms with Crippen LogP contribution < -0.4 is 14.8 Å². The van der Waals surface area contributed by atoms with Gasteiger partial charge < -0.3 is 14.8 Å². The first kappa shape index (κ1) is 26.8. The van der Waals surface area contributed by atoms with E-state index in [-0.39, 0.29) is 5.57 Å². The third-order valence-corrected chi connectivity index (χ3v) is 6.57. The van der Waals surface area contributed by atoms with E-state index in [1.165, 1.54) is 6.08 Å². The maximum atomic E-state index is 12.9. The Balaban J connectivity index is 1.62. The minimum atomic E-state index is -0.498. The molecule has 0 unspecified atom stereocenters. The molecule has 192 valence electrons. The van der Waals surface area contributed by atoms with Crippen molar-refractivity contribution in [1.29, 1.82) is 5.26 Å². The molecular formula is C32H29ClN2O3. The molecule has 0 fully saturated rings. The summed E-state index contributed by atoms with van der Waals surface area (Å²) in [4.78, 5) is 12.9. The van der Waals surface area contributed by atoms with Gasteiger partial charge in [-0.2, -0.15) is 5.26 Å². The summed E-state index contributed by atoms with van der Waals surface area (Å²) in [7, 11) is 0. The van der Waals surface area contributed by atoms with Crippen LogP contribution in [0.4, 0.5) is 5.69 Å². The molecule has 5 nitrogen and oxygen atoms in total. The number of nitrogens with zero attached hydrogens (tertiary/aromatic N) is 1. The third kappa shape index (κ3) is 5.99. The Hall–Kier alpha value is -4.27. The highest BCUT2D eigenvalue weighted by Gasteiger charge is 2.16. The van der Waals surface area contributed by atoms with Gasteiger partial charge in [0, 0.05) is 11.3 Å². The highest BCUT2D eigenvalue weighted by molar-refractivity contribution is 6.32. The Bertz CT molecular complexity index is 1580. The van der Waals surface area contributed by atoms with E-state index in [2.05, 4.69) is 36.5 Å². The van der Waals surface area contributed by atoms with Gasteiger partial charge in [-0.05, 0) is 85.0 Å². The van der Waals surface area contributed by atoms with Gasteiger partial charge in [-0.15, -0.1) is 0 Å². The second kappa shape index (κ2) is 11.9. The number of nitriles is 1. The number of carbonyl (C=O) groups is 1. The van der Waals surface area contributed by atoms with Crippen LogP contribution in [0.2, 0.25) is 5.02 Å². The van der Waals surface area contributed by atoms with Crippen molar-refractivity contribution in [2.24, 2.45) is 0 Å². The SMILES string of the molecule is CCOc1cc(/C=C(\C#N)C(=O)Nc2cc(C)ccc2C)cc(Cl)c1OCc1c(C)ccc2ccccc12.